The van der Waals surface area contributed by atoms with Crippen molar-refractivity contribution in [1.82, 2.24) is 25.1 Å². The van der Waals surface area contributed by atoms with Crippen molar-refractivity contribution in [2.24, 2.45) is 0 Å². The summed E-state index contributed by atoms with van der Waals surface area (Å²) in [6, 6.07) is 7.86. The molecule has 7 nitrogen and oxygen atoms in total. The van der Waals surface area contributed by atoms with Gasteiger partial charge in [-0.1, -0.05) is 23.5 Å². The summed E-state index contributed by atoms with van der Waals surface area (Å²) in [6.07, 6.45) is 1.80. The Kier molecular flexibility index (Phi) is 5.05. The summed E-state index contributed by atoms with van der Waals surface area (Å²) < 4.78 is 6.90. The molecule has 0 spiro atoms. The van der Waals surface area contributed by atoms with Gasteiger partial charge in [-0.25, -0.2) is 0 Å². The Labute approximate surface area is 143 Å². The molecule has 0 radical (unpaired) electrons. The third-order valence-corrected chi connectivity index (χ3v) is 4.58. The van der Waals surface area contributed by atoms with Crippen LogP contribution in [0.5, 0.6) is 5.75 Å². The minimum absolute atomic E-state index is 0.0283. The Morgan fingerprint density at radius 2 is 2.21 bits per heavy atom. The average Bonchev–Trinajstić information content (AvgIpc) is 3.15. The predicted molar refractivity (Wildman–Crippen MR) is 91.4 cm³/mol. The normalized spacial score (nSPS) is 10.9. The number of carbonyl (C=O) groups is 1. The molecule has 8 heteroatoms. The summed E-state index contributed by atoms with van der Waals surface area (Å²) in [5.74, 6) is 1.62. The molecule has 0 fully saturated rings. The van der Waals surface area contributed by atoms with Crippen LogP contribution in [-0.4, -0.2) is 39.4 Å². The van der Waals surface area contributed by atoms with E-state index in [9.17, 15) is 4.79 Å². The Morgan fingerprint density at radius 1 is 1.33 bits per heavy atom. The topological polar surface area (TPSA) is 81.4 Å². The molecular weight excluding hydrogens is 326 g/mol. The number of aromatic nitrogens is 4. The number of rotatable bonds is 7. The van der Waals surface area contributed by atoms with Crippen LogP contribution >= 0.6 is 11.3 Å². The number of ether oxygens (including phenoxy) is 1. The second-order valence-corrected chi connectivity index (χ2v) is 6.43. The highest BCUT2D eigenvalue weighted by Gasteiger charge is 2.10. The van der Waals surface area contributed by atoms with Crippen molar-refractivity contribution < 1.29 is 9.53 Å². The molecule has 1 amide bonds. The number of hydrogen-bond donors (Lipinski definition) is 1. The Hall–Kier alpha value is -2.48. The molecule has 0 saturated carbocycles. The van der Waals surface area contributed by atoms with E-state index in [1.165, 1.54) is 11.3 Å². The summed E-state index contributed by atoms with van der Waals surface area (Å²) in [5.41, 5.74) is 1.14. The predicted octanol–water partition coefficient (Wildman–Crippen LogP) is 1.79. The average molecular weight is 345 g/mol. The van der Waals surface area contributed by atoms with Crippen LogP contribution in [0.15, 0.2) is 24.3 Å². The van der Waals surface area contributed by atoms with Gasteiger partial charge in [-0.15, -0.1) is 10.2 Å². The van der Waals surface area contributed by atoms with Gasteiger partial charge in [0.05, 0.1) is 7.11 Å². The fourth-order valence-corrected chi connectivity index (χ4v) is 3.22. The summed E-state index contributed by atoms with van der Waals surface area (Å²) >= 11 is 1.47. The minimum atomic E-state index is 0.0283. The van der Waals surface area contributed by atoms with Gasteiger partial charge in [-0.2, -0.15) is 9.61 Å². The van der Waals surface area contributed by atoms with E-state index in [4.69, 9.17) is 4.74 Å². The minimum Gasteiger partial charge on any atom is -0.497 e. The summed E-state index contributed by atoms with van der Waals surface area (Å²) in [7, 11) is 1.65. The van der Waals surface area contributed by atoms with Crippen LogP contribution in [0.25, 0.3) is 4.96 Å². The van der Waals surface area contributed by atoms with Crippen molar-refractivity contribution in [1.29, 1.82) is 0 Å². The number of carbonyl (C=O) groups excluding carboxylic acids is 1. The molecule has 0 bridgehead atoms. The zero-order valence-electron chi connectivity index (χ0n) is 13.7. The highest BCUT2D eigenvalue weighted by Crippen LogP contribution is 2.15. The first-order valence-electron chi connectivity index (χ1n) is 7.73. The van der Waals surface area contributed by atoms with E-state index in [0.717, 1.165) is 33.5 Å². The molecule has 2 heterocycles. The lowest BCUT2D eigenvalue weighted by Gasteiger charge is -2.06. The van der Waals surface area contributed by atoms with E-state index in [1.54, 1.807) is 11.6 Å². The van der Waals surface area contributed by atoms with Crippen LogP contribution in [-0.2, 0) is 17.6 Å². The van der Waals surface area contributed by atoms with Crippen LogP contribution in [0.2, 0.25) is 0 Å². The van der Waals surface area contributed by atoms with Gasteiger partial charge in [0.2, 0.25) is 10.9 Å². The van der Waals surface area contributed by atoms with E-state index in [1.807, 2.05) is 31.2 Å². The maximum absolute atomic E-state index is 12.0. The summed E-state index contributed by atoms with van der Waals surface area (Å²) in [5, 5.41) is 16.2. The Balaban J connectivity index is 1.43. The van der Waals surface area contributed by atoms with E-state index < -0.39 is 0 Å². The first-order valence-corrected chi connectivity index (χ1v) is 8.54. The molecule has 0 aliphatic carbocycles. The highest BCUT2D eigenvalue weighted by molar-refractivity contribution is 7.16. The molecule has 1 aromatic carbocycles. The van der Waals surface area contributed by atoms with Crippen molar-refractivity contribution in [2.45, 2.75) is 26.2 Å². The molecule has 0 atom stereocenters. The molecule has 0 unspecified atom stereocenters. The monoisotopic (exact) mass is 345 g/mol. The maximum atomic E-state index is 12.0. The van der Waals surface area contributed by atoms with Gasteiger partial charge in [-0.05, 0) is 31.0 Å². The van der Waals surface area contributed by atoms with Crippen LogP contribution in [0.4, 0.5) is 0 Å². The van der Waals surface area contributed by atoms with Crippen molar-refractivity contribution in [2.75, 3.05) is 13.7 Å². The maximum Gasteiger partial charge on any atom is 0.234 e. The molecular formula is C16H19N5O2S. The third-order valence-electron chi connectivity index (χ3n) is 3.62. The Morgan fingerprint density at radius 3 is 3.00 bits per heavy atom. The molecule has 0 saturated heterocycles. The first-order chi connectivity index (χ1) is 11.7. The number of benzene rings is 1. The highest BCUT2D eigenvalue weighted by atomic mass is 32.1. The first kappa shape index (κ1) is 16.4. The number of amides is 1. The van der Waals surface area contributed by atoms with Gasteiger partial charge in [0, 0.05) is 19.4 Å². The number of hydrogen-bond acceptors (Lipinski definition) is 6. The van der Waals surface area contributed by atoms with Gasteiger partial charge in [0.1, 0.15) is 10.8 Å². The van der Waals surface area contributed by atoms with E-state index >= 15 is 0 Å². The molecule has 3 rings (SSSR count). The van der Waals surface area contributed by atoms with Gasteiger partial charge in [0.15, 0.2) is 5.82 Å². The zero-order valence-corrected chi connectivity index (χ0v) is 14.5. The second kappa shape index (κ2) is 7.39. The van der Waals surface area contributed by atoms with Crippen LogP contribution < -0.4 is 10.1 Å². The van der Waals surface area contributed by atoms with Crippen LogP contribution in [0.1, 0.15) is 22.8 Å². The standard InChI is InChI=1S/C16H19N5O2S/c1-11-18-19-16-21(11)20-15(24-16)7-6-14(22)17-9-8-12-4-3-5-13(10-12)23-2/h3-5,10H,6-9H2,1-2H3,(H,17,22). The van der Waals surface area contributed by atoms with E-state index in [2.05, 4.69) is 20.6 Å². The third kappa shape index (κ3) is 3.88. The lowest BCUT2D eigenvalue weighted by atomic mass is 10.1. The molecule has 3 aromatic rings. The zero-order chi connectivity index (χ0) is 16.9. The van der Waals surface area contributed by atoms with Gasteiger partial charge in [0.25, 0.3) is 0 Å². The summed E-state index contributed by atoms with van der Waals surface area (Å²) in [6.45, 7) is 2.46. The largest absolute Gasteiger partial charge is 0.497 e. The number of aryl methyl sites for hydroxylation is 2. The number of methoxy groups -OCH3 is 1. The Bertz CT molecular complexity index is 842. The molecule has 24 heavy (non-hydrogen) atoms. The van der Waals surface area contributed by atoms with E-state index in [-0.39, 0.29) is 5.91 Å². The van der Waals surface area contributed by atoms with E-state index in [0.29, 0.717) is 19.4 Å². The number of nitrogens with zero attached hydrogens (tertiary/aromatic N) is 4. The van der Waals surface area contributed by atoms with Gasteiger partial charge < -0.3 is 10.1 Å². The number of fused-ring (bicyclic) bond motifs is 1. The lowest BCUT2D eigenvalue weighted by molar-refractivity contribution is -0.121. The van der Waals surface area contributed by atoms with Crippen LogP contribution in [0, 0.1) is 6.92 Å². The molecule has 0 aliphatic heterocycles. The lowest BCUT2D eigenvalue weighted by Crippen LogP contribution is -2.25. The fraction of sp³-hybridized carbons (Fsp3) is 0.375. The fourth-order valence-electron chi connectivity index (χ4n) is 2.34. The van der Waals surface area contributed by atoms with Crippen LogP contribution in [0.3, 0.4) is 0 Å². The summed E-state index contributed by atoms with van der Waals surface area (Å²) in [4.78, 5) is 12.7. The number of nitrogens with one attached hydrogen (secondary N) is 1. The van der Waals surface area contributed by atoms with Gasteiger partial charge >= 0.3 is 0 Å². The van der Waals surface area contributed by atoms with Crippen molar-refractivity contribution in [3.05, 3.63) is 40.7 Å². The van der Waals surface area contributed by atoms with Crippen molar-refractivity contribution in [3.8, 4) is 5.75 Å². The van der Waals surface area contributed by atoms with Crippen molar-refractivity contribution >= 4 is 22.2 Å². The molecule has 2 aromatic heterocycles. The van der Waals surface area contributed by atoms with Gasteiger partial charge in [-0.3, -0.25) is 4.79 Å². The smallest absolute Gasteiger partial charge is 0.234 e. The molecule has 0 aliphatic rings. The quantitative estimate of drug-likeness (QED) is 0.706. The second-order valence-electron chi connectivity index (χ2n) is 5.39. The van der Waals surface area contributed by atoms with Crippen molar-refractivity contribution in [3.63, 3.8) is 0 Å². The molecule has 126 valence electrons. The molecule has 1 N–H and O–H groups in total. The SMILES string of the molecule is COc1cccc(CCNC(=O)CCc2nn3c(C)nnc3s2)c1.